The first kappa shape index (κ1) is 5.47. The molecule has 0 N–H and O–H groups in total. The van der Waals surface area contributed by atoms with Gasteiger partial charge in [0.05, 0.1) is 0 Å². The molecule has 0 bridgehead atoms. The van der Waals surface area contributed by atoms with Gasteiger partial charge in [-0.15, -0.1) is 0 Å². The highest BCUT2D eigenvalue weighted by molar-refractivity contribution is 6.32. The molecule has 0 aliphatic carbocycles. The maximum absolute atomic E-state index is 4.03. The van der Waals surface area contributed by atoms with Gasteiger partial charge in [-0.3, -0.25) is 0 Å². The second-order valence-corrected chi connectivity index (χ2v) is 2.27. The van der Waals surface area contributed by atoms with Crippen LogP contribution in [-0.4, -0.2) is 22.4 Å². The minimum atomic E-state index is 0.903. The first-order valence-electron chi connectivity index (χ1n) is 3.12. The van der Waals surface area contributed by atoms with Crippen molar-refractivity contribution in [3.05, 3.63) is 24.7 Å². The maximum Gasteiger partial charge on any atom is 0.154 e. The molecule has 2 aromatic heterocycles. The number of nitrogens with zero attached hydrogens (tertiary/aromatic N) is 3. The van der Waals surface area contributed by atoms with Gasteiger partial charge in [0.1, 0.15) is 14.2 Å². The summed E-state index contributed by atoms with van der Waals surface area (Å²) in [6.07, 6.45) is 3.45. The molecule has 2 heterocycles. The summed E-state index contributed by atoms with van der Waals surface area (Å²) >= 11 is 0. The Bertz CT molecular complexity index is 355. The van der Waals surface area contributed by atoms with E-state index in [0.29, 0.717) is 0 Å². The van der Waals surface area contributed by atoms with Gasteiger partial charge in [-0.25, -0.2) is 9.50 Å². The normalized spacial score (nSPS) is 10.4. The summed E-state index contributed by atoms with van der Waals surface area (Å²) in [4.78, 5) is 4.03. The smallest absolute Gasteiger partial charge is 0.154 e. The molecule has 0 aliphatic rings. The third-order valence-corrected chi connectivity index (χ3v) is 1.44. The predicted octanol–water partition coefficient (Wildman–Crippen LogP) is -1.01. The molecule has 0 aliphatic heterocycles. The Hall–Kier alpha value is -1.32. The minimum Gasteiger partial charge on any atom is -0.221 e. The molecule has 3 nitrogen and oxygen atoms in total. The van der Waals surface area contributed by atoms with E-state index in [1.54, 1.807) is 10.8 Å². The highest BCUT2D eigenvalue weighted by Crippen LogP contribution is 1.91. The van der Waals surface area contributed by atoms with Crippen molar-refractivity contribution in [3.8, 4) is 0 Å². The van der Waals surface area contributed by atoms with Crippen molar-refractivity contribution in [2.75, 3.05) is 0 Å². The van der Waals surface area contributed by atoms with Gasteiger partial charge < -0.3 is 0 Å². The minimum absolute atomic E-state index is 0.903. The lowest BCUT2D eigenvalue weighted by Gasteiger charge is -1.91. The van der Waals surface area contributed by atoms with E-state index in [1.165, 1.54) is 5.46 Å². The van der Waals surface area contributed by atoms with Gasteiger partial charge >= 0.3 is 0 Å². The van der Waals surface area contributed by atoms with Gasteiger partial charge in [-0.2, -0.15) is 5.10 Å². The molecule has 0 spiro atoms. The molecular weight excluding hydrogens is 125 g/mol. The molecule has 0 radical (unpaired) electrons. The molecule has 0 saturated heterocycles. The number of pyridine rings is 1. The molecule has 0 saturated carbocycles. The van der Waals surface area contributed by atoms with E-state index in [9.17, 15) is 0 Å². The van der Waals surface area contributed by atoms with Crippen LogP contribution in [0.3, 0.4) is 0 Å². The van der Waals surface area contributed by atoms with Crippen molar-refractivity contribution >= 4 is 19.0 Å². The fourth-order valence-corrected chi connectivity index (χ4v) is 0.917. The maximum atomic E-state index is 4.03. The molecule has 0 aromatic carbocycles. The molecule has 0 unspecified atom stereocenters. The van der Waals surface area contributed by atoms with E-state index in [1.807, 2.05) is 26.2 Å². The second kappa shape index (κ2) is 1.83. The quantitative estimate of drug-likeness (QED) is 0.428. The van der Waals surface area contributed by atoms with Crippen molar-refractivity contribution in [3.63, 3.8) is 0 Å². The highest BCUT2D eigenvalue weighted by atomic mass is 15.3. The van der Waals surface area contributed by atoms with Crippen LogP contribution in [0.25, 0.3) is 5.65 Å². The van der Waals surface area contributed by atoms with E-state index < -0.39 is 0 Å². The Morgan fingerprint density at radius 1 is 1.50 bits per heavy atom. The molecule has 2 rings (SSSR count). The van der Waals surface area contributed by atoms with Crippen LogP contribution in [0.1, 0.15) is 0 Å². The topological polar surface area (TPSA) is 30.2 Å². The second-order valence-electron chi connectivity index (χ2n) is 2.27. The van der Waals surface area contributed by atoms with Crippen LogP contribution in [0.5, 0.6) is 0 Å². The van der Waals surface area contributed by atoms with Crippen LogP contribution in [0, 0.1) is 0 Å². The van der Waals surface area contributed by atoms with Gasteiger partial charge in [0, 0.05) is 6.20 Å². The van der Waals surface area contributed by atoms with Crippen molar-refractivity contribution in [1.29, 1.82) is 0 Å². The van der Waals surface area contributed by atoms with Crippen LogP contribution in [0.4, 0.5) is 0 Å². The first-order chi connectivity index (χ1) is 4.86. The largest absolute Gasteiger partial charge is 0.221 e. The Balaban J connectivity index is 2.86. The SMILES string of the molecule is Bc1ccn2ncnc2c1. The summed E-state index contributed by atoms with van der Waals surface area (Å²) in [5, 5.41) is 3.97. The monoisotopic (exact) mass is 131 g/mol. The Morgan fingerprint density at radius 2 is 2.40 bits per heavy atom. The molecule has 0 fully saturated rings. The van der Waals surface area contributed by atoms with Gasteiger partial charge in [0.15, 0.2) is 5.65 Å². The highest BCUT2D eigenvalue weighted by Gasteiger charge is 1.91. The zero-order chi connectivity index (χ0) is 6.97. The van der Waals surface area contributed by atoms with Crippen LogP contribution >= 0.6 is 0 Å². The summed E-state index contributed by atoms with van der Waals surface area (Å²) in [6.45, 7) is 0. The molecule has 0 atom stereocenters. The summed E-state index contributed by atoms with van der Waals surface area (Å²) < 4.78 is 1.74. The number of hydrogen-bond donors (Lipinski definition) is 0. The lowest BCUT2D eigenvalue weighted by atomic mass is 9.98. The third kappa shape index (κ3) is 0.691. The van der Waals surface area contributed by atoms with Crippen LogP contribution in [0.2, 0.25) is 0 Å². The zero-order valence-electron chi connectivity index (χ0n) is 5.65. The van der Waals surface area contributed by atoms with E-state index in [-0.39, 0.29) is 0 Å². The van der Waals surface area contributed by atoms with Gasteiger partial charge in [-0.05, 0) is 12.1 Å². The molecule has 10 heavy (non-hydrogen) atoms. The fraction of sp³-hybridized carbons (Fsp3) is 0. The number of rotatable bonds is 0. The van der Waals surface area contributed by atoms with Crippen molar-refractivity contribution in [2.24, 2.45) is 0 Å². The average Bonchev–Trinajstić information content (AvgIpc) is 2.33. The van der Waals surface area contributed by atoms with E-state index in [2.05, 4.69) is 10.1 Å². The Kier molecular flexibility index (Phi) is 1.00. The average molecular weight is 131 g/mol. The summed E-state index contributed by atoms with van der Waals surface area (Å²) in [6, 6.07) is 3.99. The first-order valence-corrected chi connectivity index (χ1v) is 3.12. The standard InChI is InChI=1S/C6H6BN3/c7-5-1-2-10-6(3-5)8-4-9-10/h1-4H,7H2. The third-order valence-electron chi connectivity index (χ3n) is 1.44. The van der Waals surface area contributed by atoms with E-state index in [4.69, 9.17) is 0 Å². The number of fused-ring (bicyclic) bond motifs is 1. The Morgan fingerprint density at radius 3 is 3.30 bits per heavy atom. The molecular formula is C6H6BN3. The van der Waals surface area contributed by atoms with E-state index >= 15 is 0 Å². The van der Waals surface area contributed by atoms with Gasteiger partial charge in [0.2, 0.25) is 0 Å². The molecule has 0 amide bonds. The molecule has 4 heteroatoms. The predicted molar refractivity (Wildman–Crippen MR) is 41.2 cm³/mol. The number of hydrogen-bond acceptors (Lipinski definition) is 2. The summed E-state index contributed by atoms with van der Waals surface area (Å²) in [5.41, 5.74) is 2.11. The van der Waals surface area contributed by atoms with Crippen LogP contribution < -0.4 is 5.46 Å². The van der Waals surface area contributed by atoms with E-state index in [0.717, 1.165) is 5.65 Å². The molecule has 48 valence electrons. The molecule has 2 aromatic rings. The van der Waals surface area contributed by atoms with Gasteiger partial charge in [0.25, 0.3) is 0 Å². The van der Waals surface area contributed by atoms with Gasteiger partial charge in [-0.1, -0.05) is 5.46 Å². The van der Waals surface area contributed by atoms with Crippen LogP contribution in [0.15, 0.2) is 24.7 Å². The zero-order valence-corrected chi connectivity index (χ0v) is 5.65. The van der Waals surface area contributed by atoms with Crippen molar-refractivity contribution < 1.29 is 0 Å². The lowest BCUT2D eigenvalue weighted by molar-refractivity contribution is 0.963. The van der Waals surface area contributed by atoms with Crippen LogP contribution in [-0.2, 0) is 0 Å². The number of aromatic nitrogens is 3. The van der Waals surface area contributed by atoms with Crippen molar-refractivity contribution in [1.82, 2.24) is 14.6 Å². The van der Waals surface area contributed by atoms with Crippen molar-refractivity contribution in [2.45, 2.75) is 0 Å². The summed E-state index contributed by atoms with van der Waals surface area (Å²) in [7, 11) is 2.04. The Labute approximate surface area is 59.1 Å². The lowest BCUT2D eigenvalue weighted by Crippen LogP contribution is -2.02. The fourth-order valence-electron chi connectivity index (χ4n) is 0.917. The summed E-state index contributed by atoms with van der Waals surface area (Å²) in [5.74, 6) is 0.